The molecule has 1 atom stereocenters. The van der Waals surface area contributed by atoms with Crippen LogP contribution in [0.4, 0.5) is 11.6 Å². The molecule has 3 N–H and O–H groups in total. The van der Waals surface area contributed by atoms with Crippen molar-refractivity contribution >= 4 is 23.4 Å². The quantitative estimate of drug-likeness (QED) is 0.710. The number of hydrogen-bond acceptors (Lipinski definition) is 6. The second kappa shape index (κ2) is 5.96. The molecule has 1 aliphatic carbocycles. The minimum atomic E-state index is -0.732. The fourth-order valence-electron chi connectivity index (χ4n) is 1.85. The molecule has 19 heavy (non-hydrogen) atoms. The predicted molar refractivity (Wildman–Crippen MR) is 81.0 cm³/mol. The van der Waals surface area contributed by atoms with Crippen molar-refractivity contribution in [1.29, 1.82) is 0 Å². The van der Waals surface area contributed by atoms with Crippen LogP contribution >= 0.6 is 11.8 Å². The molecule has 1 unspecified atom stereocenters. The zero-order chi connectivity index (χ0) is 13.9. The van der Waals surface area contributed by atoms with E-state index in [4.69, 9.17) is 0 Å². The highest BCUT2D eigenvalue weighted by Gasteiger charge is 2.27. The number of aliphatic hydroxyl groups is 1. The Morgan fingerprint density at radius 1 is 1.42 bits per heavy atom. The van der Waals surface area contributed by atoms with Gasteiger partial charge in [0.1, 0.15) is 17.5 Å². The normalized spacial score (nSPS) is 17.9. The molecule has 1 heterocycles. The lowest BCUT2D eigenvalue weighted by atomic mass is 10.1. The van der Waals surface area contributed by atoms with Gasteiger partial charge >= 0.3 is 0 Å². The van der Waals surface area contributed by atoms with Crippen molar-refractivity contribution < 1.29 is 5.11 Å². The summed E-state index contributed by atoms with van der Waals surface area (Å²) >= 11 is 1.63. The fraction of sp³-hybridized carbons (Fsp3) is 0.692. The minimum absolute atomic E-state index is 0.484. The summed E-state index contributed by atoms with van der Waals surface area (Å²) in [6.45, 7) is 2.32. The first-order valence-corrected chi connectivity index (χ1v) is 7.95. The van der Waals surface area contributed by atoms with Crippen molar-refractivity contribution in [3.8, 4) is 0 Å². The van der Waals surface area contributed by atoms with Gasteiger partial charge in [0.25, 0.3) is 0 Å². The van der Waals surface area contributed by atoms with E-state index in [0.29, 0.717) is 18.2 Å². The van der Waals surface area contributed by atoms with Gasteiger partial charge in [-0.3, -0.25) is 0 Å². The third-order valence-corrected chi connectivity index (χ3v) is 3.96. The number of nitrogens with one attached hydrogen (secondary N) is 2. The first-order chi connectivity index (χ1) is 9.04. The Kier molecular flexibility index (Phi) is 4.52. The Bertz CT molecular complexity index is 435. The number of thioether (sulfide) groups is 1. The second-order valence-corrected chi connectivity index (χ2v) is 6.17. The number of anilines is 2. The van der Waals surface area contributed by atoms with E-state index < -0.39 is 5.60 Å². The Morgan fingerprint density at radius 3 is 2.68 bits per heavy atom. The summed E-state index contributed by atoms with van der Waals surface area (Å²) in [6.07, 6.45) is 4.34. The zero-order valence-electron chi connectivity index (χ0n) is 11.7. The van der Waals surface area contributed by atoms with E-state index in [1.54, 1.807) is 11.8 Å². The van der Waals surface area contributed by atoms with E-state index in [1.165, 1.54) is 12.8 Å². The van der Waals surface area contributed by atoms with Gasteiger partial charge in [0, 0.05) is 31.3 Å². The van der Waals surface area contributed by atoms with Crippen molar-refractivity contribution in [1.82, 2.24) is 9.97 Å². The van der Waals surface area contributed by atoms with Crippen molar-refractivity contribution in [3.63, 3.8) is 0 Å². The molecule has 0 saturated heterocycles. The number of rotatable bonds is 7. The first kappa shape index (κ1) is 14.4. The van der Waals surface area contributed by atoms with E-state index in [1.807, 2.05) is 26.3 Å². The third kappa shape index (κ3) is 4.24. The molecule has 6 heteroatoms. The minimum Gasteiger partial charge on any atom is -0.387 e. The summed E-state index contributed by atoms with van der Waals surface area (Å²) in [5, 5.41) is 16.4. The Labute approximate surface area is 118 Å². The molecule has 1 aromatic heterocycles. The maximum absolute atomic E-state index is 10.2. The molecule has 2 rings (SSSR count). The van der Waals surface area contributed by atoms with Crippen LogP contribution in [0.1, 0.15) is 31.5 Å². The van der Waals surface area contributed by atoms with Gasteiger partial charge in [0.2, 0.25) is 0 Å². The maximum Gasteiger partial charge on any atom is 0.136 e. The maximum atomic E-state index is 10.2. The zero-order valence-corrected chi connectivity index (χ0v) is 12.5. The van der Waals surface area contributed by atoms with E-state index in [9.17, 15) is 5.11 Å². The van der Waals surface area contributed by atoms with Crippen LogP contribution in [-0.2, 0) is 0 Å². The molecular weight excluding hydrogens is 260 g/mol. The van der Waals surface area contributed by atoms with Gasteiger partial charge in [-0.05, 0) is 26.0 Å². The molecule has 5 nitrogen and oxygen atoms in total. The molecule has 1 fully saturated rings. The molecule has 0 spiro atoms. The predicted octanol–water partition coefficient (Wildman–Crippen LogP) is 1.92. The molecule has 1 aromatic rings. The molecular formula is C13H22N4OS. The number of aromatic nitrogens is 2. The van der Waals surface area contributed by atoms with Gasteiger partial charge in [0.05, 0.1) is 5.60 Å². The lowest BCUT2D eigenvalue weighted by Crippen LogP contribution is -2.36. The smallest absolute Gasteiger partial charge is 0.136 e. The van der Waals surface area contributed by atoms with E-state index >= 15 is 0 Å². The van der Waals surface area contributed by atoms with Crippen LogP contribution in [0.2, 0.25) is 0 Å². The fourth-order valence-corrected chi connectivity index (χ4v) is 2.58. The average Bonchev–Trinajstić information content (AvgIpc) is 3.20. The van der Waals surface area contributed by atoms with Crippen molar-refractivity contribution in [2.24, 2.45) is 0 Å². The molecule has 1 saturated carbocycles. The van der Waals surface area contributed by atoms with Crippen molar-refractivity contribution in [2.75, 3.05) is 36.2 Å². The number of hydrogen-bond donors (Lipinski definition) is 3. The Morgan fingerprint density at radius 2 is 2.11 bits per heavy atom. The summed E-state index contributed by atoms with van der Waals surface area (Å²) < 4.78 is 0. The molecule has 0 aliphatic heterocycles. The lowest BCUT2D eigenvalue weighted by molar-refractivity contribution is 0.0996. The third-order valence-electron chi connectivity index (χ3n) is 3.05. The van der Waals surface area contributed by atoms with Crippen LogP contribution in [0, 0.1) is 0 Å². The standard InChI is InChI=1S/C13H22N4OS/c1-13(18,8-19-3)7-15-11-6-10(14-2)16-12(17-11)9-4-5-9/h6,9,18H,4-5,7-8H2,1-3H3,(H2,14,15,16,17). The van der Waals surface area contributed by atoms with Gasteiger partial charge in [0.15, 0.2) is 0 Å². The highest BCUT2D eigenvalue weighted by atomic mass is 32.2. The van der Waals surface area contributed by atoms with Crippen LogP contribution in [0.3, 0.4) is 0 Å². The second-order valence-electron chi connectivity index (χ2n) is 5.30. The molecule has 0 amide bonds. The summed E-state index contributed by atoms with van der Waals surface area (Å²) in [5.41, 5.74) is -0.732. The molecule has 106 valence electrons. The van der Waals surface area contributed by atoms with Crippen LogP contribution in [0.5, 0.6) is 0 Å². The molecule has 0 radical (unpaired) electrons. The summed E-state index contributed by atoms with van der Waals surface area (Å²) in [7, 11) is 1.85. The Balaban J connectivity index is 2.04. The first-order valence-electron chi connectivity index (χ1n) is 6.56. The van der Waals surface area contributed by atoms with Crippen LogP contribution in [0.25, 0.3) is 0 Å². The highest BCUT2D eigenvalue weighted by molar-refractivity contribution is 7.98. The molecule has 0 aromatic carbocycles. The van der Waals surface area contributed by atoms with E-state index in [2.05, 4.69) is 20.6 Å². The summed E-state index contributed by atoms with van der Waals surface area (Å²) in [6, 6.07) is 1.88. The van der Waals surface area contributed by atoms with Gasteiger partial charge in [-0.2, -0.15) is 11.8 Å². The van der Waals surface area contributed by atoms with Gasteiger partial charge in [-0.15, -0.1) is 0 Å². The van der Waals surface area contributed by atoms with Gasteiger partial charge in [-0.1, -0.05) is 0 Å². The van der Waals surface area contributed by atoms with Crippen LogP contribution < -0.4 is 10.6 Å². The van der Waals surface area contributed by atoms with E-state index in [-0.39, 0.29) is 0 Å². The lowest BCUT2D eigenvalue weighted by Gasteiger charge is -2.23. The topological polar surface area (TPSA) is 70.1 Å². The van der Waals surface area contributed by atoms with Crippen molar-refractivity contribution in [2.45, 2.75) is 31.3 Å². The Hall–Kier alpha value is -1.01. The van der Waals surface area contributed by atoms with Gasteiger partial charge in [-0.25, -0.2) is 9.97 Å². The van der Waals surface area contributed by atoms with Crippen LogP contribution in [0.15, 0.2) is 6.07 Å². The summed E-state index contributed by atoms with van der Waals surface area (Å²) in [4.78, 5) is 8.99. The molecule has 0 bridgehead atoms. The average molecular weight is 282 g/mol. The monoisotopic (exact) mass is 282 g/mol. The number of nitrogens with zero attached hydrogens (tertiary/aromatic N) is 2. The van der Waals surface area contributed by atoms with E-state index in [0.717, 1.165) is 17.5 Å². The van der Waals surface area contributed by atoms with Crippen molar-refractivity contribution in [3.05, 3.63) is 11.9 Å². The SMILES string of the molecule is CNc1cc(NCC(C)(O)CSC)nc(C2CC2)n1. The largest absolute Gasteiger partial charge is 0.387 e. The van der Waals surface area contributed by atoms with Gasteiger partial charge < -0.3 is 15.7 Å². The molecule has 1 aliphatic rings. The highest BCUT2D eigenvalue weighted by Crippen LogP contribution is 2.38. The van der Waals surface area contributed by atoms with Crippen LogP contribution in [-0.4, -0.2) is 46.3 Å². The summed E-state index contributed by atoms with van der Waals surface area (Å²) in [5.74, 6) is 3.71.